The van der Waals surface area contributed by atoms with Crippen molar-refractivity contribution in [3.05, 3.63) is 223 Å². The lowest BCUT2D eigenvalue weighted by molar-refractivity contribution is 0.703. The first-order chi connectivity index (χ1) is 26.8. The van der Waals surface area contributed by atoms with E-state index in [-0.39, 0.29) is 0 Å². The van der Waals surface area contributed by atoms with Crippen molar-refractivity contribution in [3.63, 3.8) is 0 Å². The molecule has 10 rings (SSSR count). The molecule has 0 unspecified atom stereocenters. The molecule has 0 saturated heterocycles. The minimum absolute atomic E-state index is 0.550. The quantitative estimate of drug-likeness (QED) is 0.172. The molecule has 1 aliphatic rings. The monoisotopic (exact) mass is 707 g/mol. The average Bonchev–Trinajstić information content (AvgIpc) is 3.26. The second-order valence-corrected chi connectivity index (χ2v) is 14.7. The number of aromatic nitrogens is 3. The van der Waals surface area contributed by atoms with Gasteiger partial charge in [-0.1, -0.05) is 176 Å². The maximum absolute atomic E-state index is 5.13. The van der Waals surface area contributed by atoms with Crippen LogP contribution in [0.3, 0.4) is 0 Å². The fraction of sp³-hybridized carbons (Fsp3) is 0.0200. The zero-order valence-corrected chi connectivity index (χ0v) is 30.1. The third kappa shape index (κ3) is 5.42. The highest BCUT2D eigenvalue weighted by Gasteiger charge is 2.44. The summed E-state index contributed by atoms with van der Waals surface area (Å²) in [6, 6.07) is 69.2. The summed E-state index contributed by atoms with van der Waals surface area (Å²) in [5, 5.41) is 1.15. The molecule has 54 heavy (non-hydrogen) atoms. The Balaban J connectivity index is 1.15. The van der Waals surface area contributed by atoms with Crippen molar-refractivity contribution in [2.24, 2.45) is 0 Å². The van der Waals surface area contributed by atoms with Crippen molar-refractivity contribution < 1.29 is 0 Å². The van der Waals surface area contributed by atoms with Crippen molar-refractivity contribution in [3.8, 4) is 45.0 Å². The second kappa shape index (κ2) is 13.4. The molecule has 3 heterocycles. The Kier molecular flexibility index (Phi) is 7.97. The molecule has 9 aromatic rings. The fourth-order valence-corrected chi connectivity index (χ4v) is 9.19. The van der Waals surface area contributed by atoms with E-state index in [0.29, 0.717) is 5.82 Å². The summed E-state index contributed by atoms with van der Waals surface area (Å²) in [6.45, 7) is 0. The van der Waals surface area contributed by atoms with Crippen LogP contribution in [0.15, 0.2) is 210 Å². The van der Waals surface area contributed by atoms with Gasteiger partial charge in [-0.3, -0.25) is 4.98 Å². The maximum Gasteiger partial charge on any atom is 0.160 e. The molecule has 254 valence electrons. The van der Waals surface area contributed by atoms with Crippen LogP contribution in [-0.2, 0) is 5.41 Å². The summed E-state index contributed by atoms with van der Waals surface area (Å²) in [4.78, 5) is 17.3. The third-order valence-electron chi connectivity index (χ3n) is 10.5. The highest BCUT2D eigenvalue weighted by atomic mass is 32.2. The van der Waals surface area contributed by atoms with Crippen molar-refractivity contribution in [1.82, 2.24) is 15.0 Å². The second-order valence-electron chi connectivity index (χ2n) is 13.6. The molecular weight excluding hydrogens is 675 g/mol. The molecule has 0 spiro atoms. The van der Waals surface area contributed by atoms with Gasteiger partial charge in [-0.15, -0.1) is 0 Å². The molecule has 4 heteroatoms. The number of hydrogen-bond acceptors (Lipinski definition) is 4. The zero-order valence-electron chi connectivity index (χ0n) is 29.3. The van der Waals surface area contributed by atoms with Crippen LogP contribution >= 0.6 is 11.8 Å². The zero-order chi connectivity index (χ0) is 35.9. The highest BCUT2D eigenvalue weighted by molar-refractivity contribution is 7.99. The smallest absolute Gasteiger partial charge is 0.160 e. The largest absolute Gasteiger partial charge is 0.256 e. The highest BCUT2D eigenvalue weighted by Crippen LogP contribution is 2.56. The molecule has 0 aliphatic carbocycles. The Morgan fingerprint density at radius 1 is 0.407 bits per heavy atom. The van der Waals surface area contributed by atoms with Gasteiger partial charge in [0.25, 0.3) is 0 Å². The first-order valence-corrected chi connectivity index (χ1v) is 19.0. The van der Waals surface area contributed by atoms with Crippen molar-refractivity contribution in [1.29, 1.82) is 0 Å². The van der Waals surface area contributed by atoms with E-state index in [1.165, 1.54) is 43.2 Å². The van der Waals surface area contributed by atoms with Crippen LogP contribution in [-0.4, -0.2) is 15.0 Å². The number of fused-ring (bicyclic) bond motifs is 3. The van der Waals surface area contributed by atoms with Crippen molar-refractivity contribution in [2.75, 3.05) is 0 Å². The van der Waals surface area contributed by atoms with Gasteiger partial charge >= 0.3 is 0 Å². The normalized spacial score (nSPS) is 12.9. The molecule has 0 bridgehead atoms. The summed E-state index contributed by atoms with van der Waals surface area (Å²) in [5.74, 6) is 0.710. The molecular formula is C50H33N3S. The van der Waals surface area contributed by atoms with Gasteiger partial charge < -0.3 is 0 Å². The van der Waals surface area contributed by atoms with E-state index < -0.39 is 5.41 Å². The standard InChI is InChI=1S/C50H33N3S/c1-3-13-35(14-4-1)45-33-46(53-49(52-45)37-15-5-2-6-16-37)36-26-30-39(31-27-36)50(42-19-7-9-22-47(42)54-48-23-10-8-20-43(48)50)38-28-24-34(25-29-38)40-17-11-21-44-41(40)18-12-32-51-44/h1-33H. The van der Waals surface area contributed by atoms with E-state index in [1.54, 1.807) is 0 Å². The first kappa shape index (κ1) is 32.1. The van der Waals surface area contributed by atoms with E-state index in [9.17, 15) is 0 Å². The van der Waals surface area contributed by atoms with Gasteiger partial charge in [0.2, 0.25) is 0 Å². The third-order valence-corrected chi connectivity index (χ3v) is 11.7. The fourth-order valence-electron chi connectivity index (χ4n) is 8.00. The maximum atomic E-state index is 5.13. The lowest BCUT2D eigenvalue weighted by atomic mass is 9.64. The van der Waals surface area contributed by atoms with E-state index >= 15 is 0 Å². The minimum Gasteiger partial charge on any atom is -0.256 e. The Labute approximate surface area is 319 Å². The molecule has 1 aliphatic heterocycles. The van der Waals surface area contributed by atoms with E-state index in [4.69, 9.17) is 9.97 Å². The number of rotatable bonds is 6. The van der Waals surface area contributed by atoms with Crippen molar-refractivity contribution >= 4 is 22.7 Å². The topological polar surface area (TPSA) is 38.7 Å². The SMILES string of the molecule is c1ccc(-c2cc(-c3ccc(C4(c5ccc(-c6cccc7ncccc67)cc5)c5ccccc5Sc5ccccc54)cc3)nc(-c3ccccc3)n2)cc1. The van der Waals surface area contributed by atoms with Crippen LogP contribution in [0.4, 0.5) is 0 Å². The molecule has 0 amide bonds. The summed E-state index contributed by atoms with van der Waals surface area (Å²) in [6.07, 6.45) is 1.86. The lowest BCUT2D eigenvalue weighted by Crippen LogP contribution is -2.34. The van der Waals surface area contributed by atoms with Crippen LogP contribution in [0.5, 0.6) is 0 Å². The number of pyridine rings is 1. The number of hydrogen-bond donors (Lipinski definition) is 0. The molecule has 0 fully saturated rings. The molecule has 2 aromatic heterocycles. The van der Waals surface area contributed by atoms with E-state index in [2.05, 4.69) is 169 Å². The predicted octanol–water partition coefficient (Wildman–Crippen LogP) is 12.5. The Bertz CT molecular complexity index is 2670. The van der Waals surface area contributed by atoms with Crippen LogP contribution in [0.1, 0.15) is 22.3 Å². The lowest BCUT2D eigenvalue weighted by Gasteiger charge is -2.42. The Hall–Kier alpha value is -6.62. The van der Waals surface area contributed by atoms with Gasteiger partial charge in [0, 0.05) is 38.1 Å². The van der Waals surface area contributed by atoms with Gasteiger partial charge in [-0.25, -0.2) is 9.97 Å². The van der Waals surface area contributed by atoms with Gasteiger partial charge in [0.1, 0.15) is 0 Å². The Morgan fingerprint density at radius 3 is 1.57 bits per heavy atom. The number of benzene rings is 7. The van der Waals surface area contributed by atoms with Crippen LogP contribution in [0.2, 0.25) is 0 Å². The molecule has 0 saturated carbocycles. The predicted molar refractivity (Wildman–Crippen MR) is 222 cm³/mol. The van der Waals surface area contributed by atoms with Gasteiger partial charge in [-0.2, -0.15) is 0 Å². The molecule has 0 atom stereocenters. The summed E-state index contributed by atoms with van der Waals surface area (Å²) in [7, 11) is 0. The molecule has 7 aromatic carbocycles. The van der Waals surface area contributed by atoms with Gasteiger partial charge in [0.05, 0.1) is 22.3 Å². The average molecular weight is 708 g/mol. The molecule has 0 N–H and O–H groups in total. The van der Waals surface area contributed by atoms with Crippen molar-refractivity contribution in [2.45, 2.75) is 15.2 Å². The summed E-state index contributed by atoms with van der Waals surface area (Å²) < 4.78 is 0. The molecule has 3 nitrogen and oxygen atoms in total. The minimum atomic E-state index is -0.550. The van der Waals surface area contributed by atoms with Crippen LogP contribution in [0, 0.1) is 0 Å². The van der Waals surface area contributed by atoms with Crippen LogP contribution < -0.4 is 0 Å². The van der Waals surface area contributed by atoms with E-state index in [1.807, 2.05) is 48.3 Å². The van der Waals surface area contributed by atoms with Crippen LogP contribution in [0.25, 0.3) is 55.9 Å². The molecule has 0 radical (unpaired) electrons. The summed E-state index contributed by atoms with van der Waals surface area (Å²) in [5.41, 5.74) is 12.7. The summed E-state index contributed by atoms with van der Waals surface area (Å²) >= 11 is 1.85. The first-order valence-electron chi connectivity index (χ1n) is 18.2. The number of nitrogens with zero attached hydrogens (tertiary/aromatic N) is 3. The Morgan fingerprint density at radius 2 is 0.944 bits per heavy atom. The van der Waals surface area contributed by atoms with Gasteiger partial charge in [0.15, 0.2) is 5.82 Å². The van der Waals surface area contributed by atoms with Gasteiger partial charge in [-0.05, 0) is 63.7 Å². The van der Waals surface area contributed by atoms with E-state index in [0.717, 1.165) is 39.0 Å².